The predicted octanol–water partition coefficient (Wildman–Crippen LogP) is 1.28. The first-order valence-corrected chi connectivity index (χ1v) is 9.36. The Morgan fingerprint density at radius 2 is 2.04 bits per heavy atom. The maximum Gasteiger partial charge on any atom is 0.269 e. The minimum Gasteiger partial charge on any atom is -0.354 e. The first kappa shape index (κ1) is 20.2. The van der Waals surface area contributed by atoms with Crippen LogP contribution in [0.3, 0.4) is 0 Å². The summed E-state index contributed by atoms with van der Waals surface area (Å²) in [5.41, 5.74) is 6.65. The van der Waals surface area contributed by atoms with E-state index in [0.29, 0.717) is 18.7 Å². The molecular formula is C17H24N4O4S. The molecule has 142 valence electrons. The molecule has 1 aromatic rings. The van der Waals surface area contributed by atoms with E-state index in [1.807, 2.05) is 13.8 Å². The third-order valence-electron chi connectivity index (χ3n) is 4.28. The molecule has 0 aromatic heterocycles. The van der Waals surface area contributed by atoms with Crippen molar-refractivity contribution in [3.63, 3.8) is 0 Å². The molecule has 0 radical (unpaired) electrons. The predicted molar refractivity (Wildman–Crippen MR) is 101 cm³/mol. The van der Waals surface area contributed by atoms with Gasteiger partial charge in [-0.3, -0.25) is 19.7 Å². The lowest BCUT2D eigenvalue weighted by atomic mass is 10.1. The number of nitrogens with two attached hydrogens (primary N) is 1. The van der Waals surface area contributed by atoms with E-state index in [-0.39, 0.29) is 17.5 Å². The summed E-state index contributed by atoms with van der Waals surface area (Å²) in [4.78, 5) is 36.3. The van der Waals surface area contributed by atoms with Crippen molar-refractivity contribution in [1.82, 2.24) is 10.2 Å². The number of nitrogens with zero attached hydrogens (tertiary/aromatic N) is 2. The maximum atomic E-state index is 12.6. The van der Waals surface area contributed by atoms with E-state index in [0.717, 1.165) is 5.56 Å². The Hall–Kier alpha value is -2.13. The quantitative estimate of drug-likeness (QED) is 0.567. The summed E-state index contributed by atoms with van der Waals surface area (Å²) in [6.07, 6.45) is 0.550. The molecule has 26 heavy (non-hydrogen) atoms. The van der Waals surface area contributed by atoms with Gasteiger partial charge in [0.25, 0.3) is 5.69 Å². The fourth-order valence-electron chi connectivity index (χ4n) is 2.87. The zero-order valence-electron chi connectivity index (χ0n) is 15.1. The average molecular weight is 380 g/mol. The maximum absolute atomic E-state index is 12.6. The number of rotatable bonds is 6. The summed E-state index contributed by atoms with van der Waals surface area (Å²) in [6, 6.07) is 5.01. The molecule has 1 aromatic carbocycles. The Kier molecular flexibility index (Phi) is 6.25. The molecule has 1 fully saturated rings. The van der Waals surface area contributed by atoms with E-state index in [9.17, 15) is 19.7 Å². The van der Waals surface area contributed by atoms with Crippen LogP contribution >= 0.6 is 11.8 Å². The van der Waals surface area contributed by atoms with Gasteiger partial charge in [-0.15, -0.1) is 11.8 Å². The number of thioether (sulfide) groups is 1. The second-order valence-corrected chi connectivity index (χ2v) is 8.36. The van der Waals surface area contributed by atoms with Gasteiger partial charge in [0.15, 0.2) is 0 Å². The van der Waals surface area contributed by atoms with Gasteiger partial charge < -0.3 is 16.0 Å². The van der Waals surface area contributed by atoms with Gasteiger partial charge in [0.05, 0.1) is 15.8 Å². The second-order valence-electron chi connectivity index (χ2n) is 6.74. The number of hydrogen-bond donors (Lipinski definition) is 2. The Morgan fingerprint density at radius 3 is 2.58 bits per heavy atom. The lowest BCUT2D eigenvalue weighted by Crippen LogP contribution is -2.56. The van der Waals surface area contributed by atoms with Crippen molar-refractivity contribution in [2.24, 2.45) is 5.73 Å². The van der Waals surface area contributed by atoms with Crippen LogP contribution in [0.4, 0.5) is 5.69 Å². The van der Waals surface area contributed by atoms with Crippen molar-refractivity contribution in [1.29, 1.82) is 0 Å². The van der Waals surface area contributed by atoms with Crippen molar-refractivity contribution in [2.45, 2.75) is 44.1 Å². The normalized spacial score (nSPS) is 19.8. The molecule has 3 N–H and O–H groups in total. The number of carbonyl (C=O) groups excluding carboxylic acids is 2. The topological polar surface area (TPSA) is 119 Å². The highest BCUT2D eigenvalue weighted by Crippen LogP contribution is 2.39. The zero-order chi connectivity index (χ0) is 19.5. The molecule has 8 nitrogen and oxygen atoms in total. The Balaban J connectivity index is 1.94. The summed E-state index contributed by atoms with van der Waals surface area (Å²) in [6.45, 7) is 5.81. The molecular weight excluding hydrogens is 356 g/mol. The van der Waals surface area contributed by atoms with Crippen LogP contribution in [0.5, 0.6) is 0 Å². The van der Waals surface area contributed by atoms with E-state index < -0.39 is 21.9 Å². The fourth-order valence-corrected chi connectivity index (χ4v) is 4.09. The summed E-state index contributed by atoms with van der Waals surface area (Å²) in [7, 11) is 0. The molecule has 0 aliphatic carbocycles. The Morgan fingerprint density at radius 1 is 1.42 bits per heavy atom. The average Bonchev–Trinajstić information content (AvgIpc) is 2.89. The number of nitro benzene ring substituents is 1. The summed E-state index contributed by atoms with van der Waals surface area (Å²) in [5.74, 6) is 0.0731. The van der Waals surface area contributed by atoms with Gasteiger partial charge in [-0.2, -0.15) is 0 Å². The van der Waals surface area contributed by atoms with Crippen LogP contribution in [0.1, 0.15) is 26.3 Å². The molecule has 1 saturated heterocycles. The number of nitrogens with one attached hydrogen (secondary N) is 1. The van der Waals surface area contributed by atoms with Crippen molar-refractivity contribution < 1.29 is 14.5 Å². The molecule has 9 heteroatoms. The van der Waals surface area contributed by atoms with Gasteiger partial charge >= 0.3 is 0 Å². The lowest BCUT2D eigenvalue weighted by molar-refractivity contribution is -0.384. The highest BCUT2D eigenvalue weighted by Gasteiger charge is 2.46. The van der Waals surface area contributed by atoms with Gasteiger partial charge in [-0.1, -0.05) is 12.1 Å². The van der Waals surface area contributed by atoms with E-state index in [1.54, 1.807) is 35.7 Å². The van der Waals surface area contributed by atoms with Crippen LogP contribution in [0.2, 0.25) is 0 Å². The van der Waals surface area contributed by atoms with Gasteiger partial charge in [0, 0.05) is 24.4 Å². The van der Waals surface area contributed by atoms with E-state index in [2.05, 4.69) is 5.32 Å². The zero-order valence-corrected chi connectivity index (χ0v) is 15.9. The van der Waals surface area contributed by atoms with Gasteiger partial charge in [-0.25, -0.2) is 0 Å². The molecule has 2 atom stereocenters. The van der Waals surface area contributed by atoms with Gasteiger partial charge in [0.1, 0.15) is 6.04 Å². The third kappa shape index (κ3) is 4.53. The minimum absolute atomic E-state index is 0.0352. The highest BCUT2D eigenvalue weighted by atomic mass is 32.2. The number of nitro groups is 1. The summed E-state index contributed by atoms with van der Waals surface area (Å²) in [5, 5.41) is 13.5. The molecule has 0 spiro atoms. The number of hydrogen-bond acceptors (Lipinski definition) is 6. The van der Waals surface area contributed by atoms with Crippen LogP contribution in [0, 0.1) is 10.1 Å². The van der Waals surface area contributed by atoms with Gasteiger partial charge in [0.2, 0.25) is 11.8 Å². The SMILES string of the molecule is C[C@H](N)C(=O)N1[C@H](C(=O)NCCc2ccc([N+](=O)[O-])cc2)CSC1(C)C. The van der Waals surface area contributed by atoms with Crippen LogP contribution in [-0.2, 0) is 16.0 Å². The molecule has 0 bridgehead atoms. The molecule has 0 unspecified atom stereocenters. The van der Waals surface area contributed by atoms with Crippen LogP contribution in [0.15, 0.2) is 24.3 Å². The fraction of sp³-hybridized carbons (Fsp3) is 0.529. The highest BCUT2D eigenvalue weighted by molar-refractivity contribution is 8.00. The molecule has 2 amide bonds. The number of carbonyl (C=O) groups is 2. The summed E-state index contributed by atoms with van der Waals surface area (Å²) < 4.78 is 0. The molecule has 2 rings (SSSR count). The summed E-state index contributed by atoms with van der Waals surface area (Å²) >= 11 is 1.55. The third-order valence-corrected chi connectivity index (χ3v) is 5.66. The van der Waals surface area contributed by atoms with Gasteiger partial charge in [-0.05, 0) is 32.8 Å². The van der Waals surface area contributed by atoms with Crippen molar-refractivity contribution in [3.05, 3.63) is 39.9 Å². The smallest absolute Gasteiger partial charge is 0.269 e. The van der Waals surface area contributed by atoms with E-state index in [1.165, 1.54) is 12.1 Å². The van der Waals surface area contributed by atoms with Crippen LogP contribution in [0.25, 0.3) is 0 Å². The van der Waals surface area contributed by atoms with Crippen molar-refractivity contribution in [2.75, 3.05) is 12.3 Å². The van der Waals surface area contributed by atoms with Crippen LogP contribution in [-0.4, -0.2) is 50.9 Å². The number of non-ortho nitro benzene ring substituents is 1. The molecule has 1 heterocycles. The van der Waals surface area contributed by atoms with Crippen molar-refractivity contribution >= 4 is 29.3 Å². The van der Waals surface area contributed by atoms with E-state index >= 15 is 0 Å². The number of amides is 2. The van der Waals surface area contributed by atoms with Crippen molar-refractivity contribution in [3.8, 4) is 0 Å². The standard InChI is InChI=1S/C17H24N4O4S/c1-11(18)16(23)20-14(10-26-17(20,2)3)15(22)19-9-8-12-4-6-13(7-5-12)21(24)25/h4-7,11,14H,8-10,18H2,1-3H3,(H,19,22)/t11-,14-/m0/s1. The monoisotopic (exact) mass is 380 g/mol. The molecule has 1 aliphatic heterocycles. The Labute approximate surface area is 156 Å². The molecule has 0 saturated carbocycles. The number of benzene rings is 1. The lowest BCUT2D eigenvalue weighted by Gasteiger charge is -2.35. The first-order chi connectivity index (χ1) is 12.1. The molecule has 1 aliphatic rings. The van der Waals surface area contributed by atoms with E-state index in [4.69, 9.17) is 5.73 Å². The first-order valence-electron chi connectivity index (χ1n) is 8.37. The second kappa shape index (κ2) is 8.05. The minimum atomic E-state index is -0.664. The largest absolute Gasteiger partial charge is 0.354 e. The van der Waals surface area contributed by atoms with Crippen LogP contribution < -0.4 is 11.1 Å². The Bertz CT molecular complexity index is 691.